The van der Waals surface area contributed by atoms with Crippen LogP contribution in [-0.2, 0) is 0 Å². The average molecular weight is 387 g/mol. The molecule has 4 rings (SSSR count). The Morgan fingerprint density at radius 3 is 2.67 bits per heavy atom. The molecule has 1 atom stereocenters. The van der Waals surface area contributed by atoms with E-state index >= 15 is 0 Å². The summed E-state index contributed by atoms with van der Waals surface area (Å²) >= 11 is 5.89. The Bertz CT molecular complexity index is 955. The van der Waals surface area contributed by atoms with Crippen LogP contribution in [0.3, 0.4) is 0 Å². The molecule has 0 aliphatic carbocycles. The zero-order valence-corrected chi connectivity index (χ0v) is 15.9. The zero-order valence-electron chi connectivity index (χ0n) is 15.2. The molecule has 0 saturated carbocycles. The summed E-state index contributed by atoms with van der Waals surface area (Å²) in [5, 5.41) is 16.5. The lowest BCUT2D eigenvalue weighted by Gasteiger charge is -2.19. The van der Waals surface area contributed by atoms with Gasteiger partial charge in [-0.3, -0.25) is 0 Å². The second-order valence-corrected chi connectivity index (χ2v) is 7.20. The third-order valence-electron chi connectivity index (χ3n) is 4.69. The normalized spacial score (nSPS) is 16.7. The molecule has 3 heterocycles. The van der Waals surface area contributed by atoms with Crippen molar-refractivity contribution in [1.29, 1.82) is 0 Å². The van der Waals surface area contributed by atoms with Crippen LogP contribution in [0.25, 0.3) is 5.82 Å². The smallest absolute Gasteiger partial charge is 0.176 e. The predicted molar refractivity (Wildman–Crippen MR) is 104 cm³/mol. The number of nitrogens with zero attached hydrogens (tertiary/aromatic N) is 5. The van der Waals surface area contributed by atoms with E-state index < -0.39 is 5.82 Å². The van der Waals surface area contributed by atoms with Gasteiger partial charge in [-0.25, -0.2) is 9.07 Å². The summed E-state index contributed by atoms with van der Waals surface area (Å²) in [5.41, 5.74) is 2.90. The van der Waals surface area contributed by atoms with Crippen molar-refractivity contribution in [2.24, 2.45) is 0 Å². The summed E-state index contributed by atoms with van der Waals surface area (Å²) in [6.45, 7) is 5.61. The van der Waals surface area contributed by atoms with E-state index in [1.165, 1.54) is 6.07 Å². The fourth-order valence-electron chi connectivity index (χ4n) is 3.38. The van der Waals surface area contributed by atoms with Gasteiger partial charge in [-0.1, -0.05) is 11.6 Å². The molecule has 1 aliphatic rings. The third kappa shape index (κ3) is 3.73. The van der Waals surface area contributed by atoms with E-state index in [1.807, 2.05) is 32.0 Å². The van der Waals surface area contributed by atoms with Crippen LogP contribution in [0.1, 0.15) is 17.8 Å². The summed E-state index contributed by atoms with van der Waals surface area (Å²) in [5.74, 6) is 1.02. The standard InChI is InChI=1S/C19H20ClFN6/c1-12-9-13(2)27(25-12)19-6-5-18(23-24-19)22-14-7-8-26(11-14)15-3-4-17(21)16(20)10-15/h3-6,9-10,14H,7-8,11H2,1-2H3,(H,22,23). The lowest BCUT2D eigenvalue weighted by Crippen LogP contribution is -2.26. The summed E-state index contributed by atoms with van der Waals surface area (Å²) in [6.07, 6.45) is 0.954. The molecule has 2 aromatic heterocycles. The van der Waals surface area contributed by atoms with E-state index in [-0.39, 0.29) is 11.1 Å². The summed E-state index contributed by atoms with van der Waals surface area (Å²) in [4.78, 5) is 2.18. The van der Waals surface area contributed by atoms with Gasteiger partial charge in [0.1, 0.15) is 11.6 Å². The average Bonchev–Trinajstić information content (AvgIpc) is 3.24. The molecule has 6 nitrogen and oxygen atoms in total. The Morgan fingerprint density at radius 1 is 1.15 bits per heavy atom. The number of anilines is 2. The fraction of sp³-hybridized carbons (Fsp3) is 0.316. The van der Waals surface area contributed by atoms with E-state index in [2.05, 4.69) is 25.5 Å². The molecule has 1 aliphatic heterocycles. The van der Waals surface area contributed by atoms with Crippen molar-refractivity contribution in [2.75, 3.05) is 23.3 Å². The zero-order chi connectivity index (χ0) is 19.0. The van der Waals surface area contributed by atoms with Crippen molar-refractivity contribution in [3.05, 3.63) is 58.6 Å². The second kappa shape index (κ2) is 7.15. The van der Waals surface area contributed by atoms with Crippen LogP contribution in [0.2, 0.25) is 5.02 Å². The van der Waals surface area contributed by atoms with E-state index in [4.69, 9.17) is 11.6 Å². The Balaban J connectivity index is 1.41. The second-order valence-electron chi connectivity index (χ2n) is 6.79. The highest BCUT2D eigenvalue weighted by Gasteiger charge is 2.23. The number of aromatic nitrogens is 4. The van der Waals surface area contributed by atoms with Gasteiger partial charge < -0.3 is 10.2 Å². The van der Waals surface area contributed by atoms with Crippen LogP contribution in [0.5, 0.6) is 0 Å². The van der Waals surface area contributed by atoms with Crippen LogP contribution >= 0.6 is 11.6 Å². The van der Waals surface area contributed by atoms with Crippen LogP contribution in [0.15, 0.2) is 36.4 Å². The molecule has 1 unspecified atom stereocenters. The molecule has 8 heteroatoms. The number of benzene rings is 1. The van der Waals surface area contributed by atoms with Gasteiger partial charge in [0, 0.05) is 30.5 Å². The maximum atomic E-state index is 13.3. The van der Waals surface area contributed by atoms with E-state index in [0.717, 1.165) is 42.4 Å². The van der Waals surface area contributed by atoms with Gasteiger partial charge in [0.2, 0.25) is 0 Å². The molecule has 1 fully saturated rings. The maximum Gasteiger partial charge on any atom is 0.176 e. The summed E-state index contributed by atoms with van der Waals surface area (Å²) in [7, 11) is 0. The number of hydrogen-bond acceptors (Lipinski definition) is 5. The third-order valence-corrected chi connectivity index (χ3v) is 4.98. The molecule has 0 amide bonds. The Morgan fingerprint density at radius 2 is 2.00 bits per heavy atom. The van der Waals surface area contributed by atoms with Crippen LogP contribution < -0.4 is 10.2 Å². The van der Waals surface area contributed by atoms with Gasteiger partial charge in [0.15, 0.2) is 5.82 Å². The molecule has 1 saturated heterocycles. The largest absolute Gasteiger partial charge is 0.369 e. The highest BCUT2D eigenvalue weighted by Crippen LogP contribution is 2.26. The van der Waals surface area contributed by atoms with Crippen molar-refractivity contribution in [1.82, 2.24) is 20.0 Å². The summed E-state index contributed by atoms with van der Waals surface area (Å²) in [6, 6.07) is 10.9. The minimum Gasteiger partial charge on any atom is -0.369 e. The van der Waals surface area contributed by atoms with Crippen molar-refractivity contribution in [3.63, 3.8) is 0 Å². The molecule has 0 bridgehead atoms. The molecular formula is C19H20ClFN6. The number of rotatable bonds is 4. The lowest BCUT2D eigenvalue weighted by molar-refractivity contribution is 0.628. The molecule has 3 aromatic rings. The van der Waals surface area contributed by atoms with Gasteiger partial charge in [0.05, 0.1) is 10.7 Å². The molecule has 1 N–H and O–H groups in total. The topological polar surface area (TPSA) is 58.9 Å². The number of nitrogens with one attached hydrogen (secondary N) is 1. The molecule has 1 aromatic carbocycles. The Kier molecular flexibility index (Phi) is 4.70. The first-order valence-corrected chi connectivity index (χ1v) is 9.21. The lowest BCUT2D eigenvalue weighted by atomic mass is 10.2. The molecule has 140 valence electrons. The molecule has 0 spiro atoms. The van der Waals surface area contributed by atoms with Crippen LogP contribution in [-0.4, -0.2) is 39.1 Å². The quantitative estimate of drug-likeness (QED) is 0.739. The van der Waals surface area contributed by atoms with Crippen LogP contribution in [0, 0.1) is 19.7 Å². The minimum absolute atomic E-state index is 0.148. The highest BCUT2D eigenvalue weighted by atomic mass is 35.5. The first-order chi connectivity index (χ1) is 13.0. The van der Waals surface area contributed by atoms with Crippen molar-refractivity contribution >= 4 is 23.1 Å². The number of aryl methyl sites for hydroxylation is 2. The molecule has 0 radical (unpaired) electrons. The highest BCUT2D eigenvalue weighted by molar-refractivity contribution is 6.31. The SMILES string of the molecule is Cc1cc(C)n(-c2ccc(NC3CCN(c4ccc(F)c(Cl)c4)C3)nn2)n1. The fourth-order valence-corrected chi connectivity index (χ4v) is 3.55. The van der Waals surface area contributed by atoms with Crippen molar-refractivity contribution < 1.29 is 4.39 Å². The van der Waals surface area contributed by atoms with Gasteiger partial charge in [-0.15, -0.1) is 10.2 Å². The maximum absolute atomic E-state index is 13.3. The monoisotopic (exact) mass is 386 g/mol. The molecular weight excluding hydrogens is 367 g/mol. The first-order valence-electron chi connectivity index (χ1n) is 8.83. The van der Waals surface area contributed by atoms with Crippen LogP contribution in [0.4, 0.5) is 15.9 Å². The van der Waals surface area contributed by atoms with Crippen molar-refractivity contribution in [3.8, 4) is 5.82 Å². The predicted octanol–water partition coefficient (Wildman–Crippen LogP) is 3.76. The number of hydrogen-bond donors (Lipinski definition) is 1. The number of halogens is 2. The van der Waals surface area contributed by atoms with Gasteiger partial charge >= 0.3 is 0 Å². The van der Waals surface area contributed by atoms with Gasteiger partial charge in [-0.2, -0.15) is 5.10 Å². The Hall–Kier alpha value is -2.67. The first kappa shape index (κ1) is 17.7. The van der Waals surface area contributed by atoms with Crippen molar-refractivity contribution in [2.45, 2.75) is 26.3 Å². The van der Waals surface area contributed by atoms with E-state index in [9.17, 15) is 4.39 Å². The van der Waals surface area contributed by atoms with E-state index in [0.29, 0.717) is 5.82 Å². The van der Waals surface area contributed by atoms with Gasteiger partial charge in [-0.05, 0) is 56.7 Å². The minimum atomic E-state index is -0.396. The van der Waals surface area contributed by atoms with Gasteiger partial charge in [0.25, 0.3) is 0 Å². The van der Waals surface area contributed by atoms with E-state index in [1.54, 1.807) is 16.8 Å². The Labute approximate surface area is 162 Å². The molecule has 27 heavy (non-hydrogen) atoms. The summed E-state index contributed by atoms with van der Waals surface area (Å²) < 4.78 is 15.1.